The standard InChI is InChI=1S/C16H18N2O2S/c19-16(15-2-1-11-21-15)17-12-13-3-5-14(6-4-13)18-7-9-20-10-8-18/h1-6,11H,7-10,12H2,(H,17,19). The van der Waals surface area contributed by atoms with Gasteiger partial charge in [-0.1, -0.05) is 18.2 Å². The van der Waals surface area contributed by atoms with E-state index in [-0.39, 0.29) is 5.91 Å². The van der Waals surface area contributed by atoms with Gasteiger partial charge in [-0.2, -0.15) is 0 Å². The topological polar surface area (TPSA) is 41.6 Å². The van der Waals surface area contributed by atoms with Gasteiger partial charge in [-0.25, -0.2) is 0 Å². The van der Waals surface area contributed by atoms with Crippen molar-refractivity contribution in [1.82, 2.24) is 5.32 Å². The first-order valence-corrected chi connectivity index (χ1v) is 7.94. The van der Waals surface area contributed by atoms with Crippen molar-refractivity contribution in [3.8, 4) is 0 Å². The molecule has 1 fully saturated rings. The lowest BCUT2D eigenvalue weighted by Crippen LogP contribution is -2.36. The fourth-order valence-corrected chi connectivity index (χ4v) is 2.96. The third-order valence-electron chi connectivity index (χ3n) is 3.51. The van der Waals surface area contributed by atoms with E-state index in [0.717, 1.165) is 36.7 Å². The highest BCUT2D eigenvalue weighted by Crippen LogP contribution is 2.16. The zero-order valence-electron chi connectivity index (χ0n) is 11.7. The normalized spacial score (nSPS) is 15.0. The number of morpholine rings is 1. The van der Waals surface area contributed by atoms with E-state index < -0.39 is 0 Å². The predicted molar refractivity (Wildman–Crippen MR) is 85.0 cm³/mol. The van der Waals surface area contributed by atoms with Crippen molar-refractivity contribution in [3.63, 3.8) is 0 Å². The van der Waals surface area contributed by atoms with Crippen LogP contribution in [0, 0.1) is 0 Å². The third kappa shape index (κ3) is 3.62. The lowest BCUT2D eigenvalue weighted by atomic mass is 10.2. The van der Waals surface area contributed by atoms with Crippen LogP contribution < -0.4 is 10.2 Å². The first-order chi connectivity index (χ1) is 10.3. The van der Waals surface area contributed by atoms with Gasteiger partial charge in [0, 0.05) is 25.3 Å². The van der Waals surface area contributed by atoms with Crippen molar-refractivity contribution in [2.75, 3.05) is 31.2 Å². The molecule has 1 N–H and O–H groups in total. The Kier molecular flexibility index (Phi) is 4.52. The number of thiophene rings is 1. The monoisotopic (exact) mass is 302 g/mol. The molecule has 110 valence electrons. The van der Waals surface area contributed by atoms with Gasteiger partial charge >= 0.3 is 0 Å². The van der Waals surface area contributed by atoms with Crippen LogP contribution in [0.2, 0.25) is 0 Å². The molecule has 1 amide bonds. The van der Waals surface area contributed by atoms with Gasteiger partial charge < -0.3 is 15.0 Å². The maximum Gasteiger partial charge on any atom is 0.261 e. The lowest BCUT2D eigenvalue weighted by molar-refractivity contribution is 0.0955. The Labute approximate surface area is 128 Å². The number of carbonyl (C=O) groups is 1. The molecule has 5 heteroatoms. The average molecular weight is 302 g/mol. The SMILES string of the molecule is O=C(NCc1ccc(N2CCOCC2)cc1)c1cccs1. The molecule has 0 spiro atoms. The number of hydrogen-bond acceptors (Lipinski definition) is 4. The Morgan fingerprint density at radius 3 is 2.62 bits per heavy atom. The van der Waals surface area contributed by atoms with Gasteiger partial charge in [-0.3, -0.25) is 4.79 Å². The van der Waals surface area contributed by atoms with Crippen molar-refractivity contribution in [2.45, 2.75) is 6.54 Å². The van der Waals surface area contributed by atoms with Gasteiger partial charge in [0.2, 0.25) is 0 Å². The Morgan fingerprint density at radius 1 is 1.19 bits per heavy atom. The highest BCUT2D eigenvalue weighted by molar-refractivity contribution is 7.12. The maximum atomic E-state index is 11.9. The van der Waals surface area contributed by atoms with Crippen molar-refractivity contribution in [3.05, 3.63) is 52.2 Å². The minimum Gasteiger partial charge on any atom is -0.378 e. The van der Waals surface area contributed by atoms with Crippen LogP contribution in [-0.2, 0) is 11.3 Å². The molecule has 2 aromatic rings. The lowest BCUT2D eigenvalue weighted by Gasteiger charge is -2.28. The minimum absolute atomic E-state index is 0.0118. The molecule has 1 aliphatic rings. The molecule has 1 aromatic carbocycles. The van der Waals surface area contributed by atoms with Crippen LogP contribution >= 0.6 is 11.3 Å². The number of benzene rings is 1. The van der Waals surface area contributed by atoms with E-state index in [0.29, 0.717) is 6.54 Å². The van der Waals surface area contributed by atoms with Crippen LogP contribution in [0.4, 0.5) is 5.69 Å². The van der Waals surface area contributed by atoms with Gasteiger partial charge in [0.25, 0.3) is 5.91 Å². The van der Waals surface area contributed by atoms with Crippen LogP contribution in [-0.4, -0.2) is 32.2 Å². The molecular formula is C16H18N2O2S. The quantitative estimate of drug-likeness (QED) is 0.943. The van der Waals surface area contributed by atoms with Crippen molar-refractivity contribution < 1.29 is 9.53 Å². The zero-order chi connectivity index (χ0) is 14.5. The van der Waals surface area contributed by atoms with Crippen LogP contribution in [0.25, 0.3) is 0 Å². The Hall–Kier alpha value is -1.85. The number of nitrogens with zero attached hydrogens (tertiary/aromatic N) is 1. The van der Waals surface area contributed by atoms with E-state index in [1.165, 1.54) is 17.0 Å². The minimum atomic E-state index is -0.0118. The van der Waals surface area contributed by atoms with E-state index >= 15 is 0 Å². The summed E-state index contributed by atoms with van der Waals surface area (Å²) < 4.78 is 5.36. The van der Waals surface area contributed by atoms with E-state index in [9.17, 15) is 4.79 Å². The molecule has 1 aliphatic heterocycles. The molecular weight excluding hydrogens is 284 g/mol. The predicted octanol–water partition coefficient (Wildman–Crippen LogP) is 2.51. The molecule has 0 atom stereocenters. The van der Waals surface area contributed by atoms with Crippen LogP contribution in [0.3, 0.4) is 0 Å². The number of amides is 1. The van der Waals surface area contributed by atoms with Crippen molar-refractivity contribution in [2.24, 2.45) is 0 Å². The average Bonchev–Trinajstić information content (AvgIpc) is 3.08. The zero-order valence-corrected chi connectivity index (χ0v) is 12.6. The summed E-state index contributed by atoms with van der Waals surface area (Å²) in [6.45, 7) is 4.01. The van der Waals surface area contributed by atoms with Crippen LogP contribution in [0.1, 0.15) is 15.2 Å². The van der Waals surface area contributed by atoms with E-state index in [1.54, 1.807) is 0 Å². The summed E-state index contributed by atoms with van der Waals surface area (Å²) in [7, 11) is 0. The fourth-order valence-electron chi connectivity index (χ4n) is 2.32. The second kappa shape index (κ2) is 6.74. The second-order valence-corrected chi connectivity index (χ2v) is 5.87. The number of anilines is 1. The number of nitrogens with one attached hydrogen (secondary N) is 1. The largest absolute Gasteiger partial charge is 0.378 e. The van der Waals surface area contributed by atoms with Crippen molar-refractivity contribution >= 4 is 22.9 Å². The van der Waals surface area contributed by atoms with Gasteiger partial charge in [-0.15, -0.1) is 11.3 Å². The van der Waals surface area contributed by atoms with Gasteiger partial charge in [-0.05, 0) is 29.1 Å². The number of hydrogen-bond donors (Lipinski definition) is 1. The summed E-state index contributed by atoms with van der Waals surface area (Å²) in [5, 5.41) is 4.85. The van der Waals surface area contributed by atoms with E-state index in [4.69, 9.17) is 4.74 Å². The van der Waals surface area contributed by atoms with Crippen LogP contribution in [0.5, 0.6) is 0 Å². The first kappa shape index (κ1) is 14.1. The summed E-state index contributed by atoms with van der Waals surface area (Å²) in [5.41, 5.74) is 2.32. The molecule has 0 saturated carbocycles. The van der Waals surface area contributed by atoms with E-state index in [2.05, 4.69) is 34.5 Å². The molecule has 1 aromatic heterocycles. The molecule has 3 rings (SSSR count). The molecule has 0 unspecified atom stereocenters. The maximum absolute atomic E-state index is 11.9. The highest BCUT2D eigenvalue weighted by atomic mass is 32.1. The summed E-state index contributed by atoms with van der Waals surface area (Å²) in [4.78, 5) is 14.9. The highest BCUT2D eigenvalue weighted by Gasteiger charge is 2.11. The summed E-state index contributed by atoms with van der Waals surface area (Å²) >= 11 is 1.46. The molecule has 0 radical (unpaired) electrons. The molecule has 21 heavy (non-hydrogen) atoms. The second-order valence-electron chi connectivity index (χ2n) is 4.93. The Bertz CT molecular complexity index is 575. The molecule has 1 saturated heterocycles. The van der Waals surface area contributed by atoms with Gasteiger partial charge in [0.1, 0.15) is 0 Å². The Balaban J connectivity index is 1.55. The van der Waals surface area contributed by atoms with Crippen LogP contribution in [0.15, 0.2) is 41.8 Å². The Morgan fingerprint density at radius 2 is 1.95 bits per heavy atom. The molecule has 0 aliphatic carbocycles. The smallest absolute Gasteiger partial charge is 0.261 e. The summed E-state index contributed by atoms with van der Waals surface area (Å²) in [6, 6.07) is 12.1. The number of rotatable bonds is 4. The number of ether oxygens (including phenoxy) is 1. The summed E-state index contributed by atoms with van der Waals surface area (Å²) in [6.07, 6.45) is 0. The molecule has 2 heterocycles. The fraction of sp³-hybridized carbons (Fsp3) is 0.312. The summed E-state index contributed by atoms with van der Waals surface area (Å²) in [5.74, 6) is -0.0118. The third-order valence-corrected chi connectivity index (χ3v) is 4.38. The number of carbonyl (C=O) groups excluding carboxylic acids is 1. The first-order valence-electron chi connectivity index (χ1n) is 7.06. The van der Waals surface area contributed by atoms with Gasteiger partial charge in [0.15, 0.2) is 0 Å². The van der Waals surface area contributed by atoms with Gasteiger partial charge in [0.05, 0.1) is 18.1 Å². The van der Waals surface area contributed by atoms with E-state index in [1.807, 2.05) is 17.5 Å². The molecule has 4 nitrogen and oxygen atoms in total. The molecule has 0 bridgehead atoms. The van der Waals surface area contributed by atoms with Crippen molar-refractivity contribution in [1.29, 1.82) is 0 Å².